The lowest BCUT2D eigenvalue weighted by Crippen LogP contribution is -2.37. The average Bonchev–Trinajstić information content (AvgIpc) is 2.67. The largest absolute Gasteiger partial charge is 0.493 e. The number of rotatable bonds is 5. The number of pyridine rings is 1. The number of anilines is 2. The highest BCUT2D eigenvalue weighted by molar-refractivity contribution is 6.05. The Morgan fingerprint density at radius 3 is 2.65 bits per heavy atom. The summed E-state index contributed by atoms with van der Waals surface area (Å²) in [6, 6.07) is 3.64. The van der Waals surface area contributed by atoms with Crippen molar-refractivity contribution in [2.24, 2.45) is 5.92 Å². The number of fused-ring (bicyclic) bond motifs is 1. The minimum absolute atomic E-state index is 0.0480. The standard InChI is InChI=1S/C19H25N3O4/c1-4-26-19(23)12-6-9-22(10-7-12)18-16-13(5-8-21-18)17(25-3)15(24-2)11-14(16)20/h5,8,11-12H,4,6-7,9-10,20H2,1-3H3. The average molecular weight is 359 g/mol. The first-order valence-electron chi connectivity index (χ1n) is 8.81. The van der Waals surface area contributed by atoms with Gasteiger partial charge in [-0.15, -0.1) is 0 Å². The van der Waals surface area contributed by atoms with E-state index in [9.17, 15) is 4.79 Å². The zero-order valence-corrected chi connectivity index (χ0v) is 15.4. The van der Waals surface area contributed by atoms with Crippen molar-refractivity contribution in [2.45, 2.75) is 19.8 Å². The molecule has 7 heteroatoms. The normalized spacial score (nSPS) is 15.1. The summed E-state index contributed by atoms with van der Waals surface area (Å²) in [5.41, 5.74) is 6.89. The predicted molar refractivity (Wildman–Crippen MR) is 101 cm³/mol. The first kappa shape index (κ1) is 18.1. The number of nitrogen functional groups attached to an aromatic ring is 1. The number of hydrogen-bond acceptors (Lipinski definition) is 7. The zero-order chi connectivity index (χ0) is 18.7. The van der Waals surface area contributed by atoms with Crippen LogP contribution in [0, 0.1) is 5.92 Å². The molecule has 2 heterocycles. The Labute approximate surface area is 153 Å². The molecule has 1 saturated heterocycles. The molecule has 3 rings (SSSR count). The lowest BCUT2D eigenvalue weighted by atomic mass is 9.96. The summed E-state index contributed by atoms with van der Waals surface area (Å²) in [5, 5.41) is 1.71. The van der Waals surface area contributed by atoms with Crippen molar-refractivity contribution in [3.63, 3.8) is 0 Å². The van der Waals surface area contributed by atoms with E-state index in [4.69, 9.17) is 19.9 Å². The van der Waals surface area contributed by atoms with Gasteiger partial charge in [-0.3, -0.25) is 4.79 Å². The molecule has 1 aromatic carbocycles. The van der Waals surface area contributed by atoms with Crippen LogP contribution in [0.1, 0.15) is 19.8 Å². The van der Waals surface area contributed by atoms with Gasteiger partial charge in [-0.2, -0.15) is 0 Å². The first-order chi connectivity index (χ1) is 12.6. The van der Waals surface area contributed by atoms with Gasteiger partial charge in [0.25, 0.3) is 0 Å². The summed E-state index contributed by atoms with van der Waals surface area (Å²) in [6.07, 6.45) is 3.23. The number of benzene rings is 1. The molecule has 0 radical (unpaired) electrons. The maximum absolute atomic E-state index is 12.0. The van der Waals surface area contributed by atoms with Crippen LogP contribution in [0.3, 0.4) is 0 Å². The van der Waals surface area contributed by atoms with Gasteiger partial charge in [-0.1, -0.05) is 0 Å². The van der Waals surface area contributed by atoms with E-state index < -0.39 is 0 Å². The second-order valence-corrected chi connectivity index (χ2v) is 6.27. The molecule has 0 bridgehead atoms. The quantitative estimate of drug-likeness (QED) is 0.648. The van der Waals surface area contributed by atoms with E-state index in [-0.39, 0.29) is 11.9 Å². The molecule has 1 aliphatic heterocycles. The number of esters is 1. The van der Waals surface area contributed by atoms with Crippen molar-refractivity contribution in [1.82, 2.24) is 4.98 Å². The fourth-order valence-corrected chi connectivity index (χ4v) is 3.53. The van der Waals surface area contributed by atoms with Gasteiger partial charge >= 0.3 is 5.97 Å². The number of nitrogens with two attached hydrogens (primary N) is 1. The van der Waals surface area contributed by atoms with Crippen molar-refractivity contribution in [3.05, 3.63) is 18.3 Å². The van der Waals surface area contributed by atoms with Crippen LogP contribution >= 0.6 is 0 Å². The highest BCUT2D eigenvalue weighted by Gasteiger charge is 2.28. The molecule has 0 amide bonds. The van der Waals surface area contributed by atoms with Crippen molar-refractivity contribution in [3.8, 4) is 11.5 Å². The van der Waals surface area contributed by atoms with Crippen LogP contribution in [0.2, 0.25) is 0 Å². The Hall–Kier alpha value is -2.70. The Bertz CT molecular complexity index is 801. The minimum Gasteiger partial charge on any atom is -0.493 e. The third kappa shape index (κ3) is 3.21. The summed E-state index contributed by atoms with van der Waals surface area (Å²) in [6.45, 7) is 3.70. The molecule has 7 nitrogen and oxygen atoms in total. The molecule has 0 atom stereocenters. The Morgan fingerprint density at radius 1 is 1.31 bits per heavy atom. The van der Waals surface area contributed by atoms with Gasteiger partial charge in [0.15, 0.2) is 11.5 Å². The van der Waals surface area contributed by atoms with E-state index in [1.807, 2.05) is 13.0 Å². The number of piperidine rings is 1. The van der Waals surface area contributed by atoms with Crippen LogP contribution in [0.25, 0.3) is 10.8 Å². The molecule has 26 heavy (non-hydrogen) atoms. The molecule has 1 aromatic heterocycles. The van der Waals surface area contributed by atoms with Gasteiger partial charge < -0.3 is 24.8 Å². The highest BCUT2D eigenvalue weighted by Crippen LogP contribution is 2.42. The lowest BCUT2D eigenvalue weighted by molar-refractivity contribution is -0.148. The molecular formula is C19H25N3O4. The number of carbonyl (C=O) groups is 1. The zero-order valence-electron chi connectivity index (χ0n) is 15.4. The van der Waals surface area contributed by atoms with Crippen molar-refractivity contribution >= 4 is 28.2 Å². The fraction of sp³-hybridized carbons (Fsp3) is 0.474. The molecule has 2 aromatic rings. The summed E-state index contributed by atoms with van der Waals surface area (Å²) >= 11 is 0. The van der Waals surface area contributed by atoms with E-state index in [1.165, 1.54) is 0 Å². The topological polar surface area (TPSA) is 86.9 Å². The van der Waals surface area contributed by atoms with E-state index in [0.29, 0.717) is 23.8 Å². The van der Waals surface area contributed by atoms with Gasteiger partial charge in [0.05, 0.1) is 32.1 Å². The van der Waals surface area contributed by atoms with E-state index >= 15 is 0 Å². The summed E-state index contributed by atoms with van der Waals surface area (Å²) in [4.78, 5) is 18.7. The van der Waals surface area contributed by atoms with Gasteiger partial charge in [-0.25, -0.2) is 4.98 Å². The summed E-state index contributed by atoms with van der Waals surface area (Å²) < 4.78 is 16.1. The molecule has 1 fully saturated rings. The smallest absolute Gasteiger partial charge is 0.309 e. The monoisotopic (exact) mass is 359 g/mol. The molecule has 0 aliphatic carbocycles. The van der Waals surface area contributed by atoms with Crippen LogP contribution in [0.15, 0.2) is 18.3 Å². The molecule has 140 valence electrons. The van der Waals surface area contributed by atoms with Crippen LogP contribution in [0.4, 0.5) is 11.5 Å². The second-order valence-electron chi connectivity index (χ2n) is 6.27. The number of carbonyl (C=O) groups excluding carboxylic acids is 1. The number of nitrogens with zero attached hydrogens (tertiary/aromatic N) is 2. The molecule has 2 N–H and O–H groups in total. The van der Waals surface area contributed by atoms with Gasteiger partial charge in [0.2, 0.25) is 0 Å². The highest BCUT2D eigenvalue weighted by atomic mass is 16.5. The van der Waals surface area contributed by atoms with E-state index in [1.54, 1.807) is 26.5 Å². The number of ether oxygens (including phenoxy) is 3. The molecule has 0 saturated carbocycles. The number of methoxy groups -OCH3 is 2. The second kappa shape index (κ2) is 7.68. The van der Waals surface area contributed by atoms with Crippen LogP contribution in [-0.4, -0.2) is 44.9 Å². The Morgan fingerprint density at radius 2 is 2.04 bits per heavy atom. The third-order valence-corrected chi connectivity index (χ3v) is 4.81. The van der Waals surface area contributed by atoms with Crippen molar-refractivity contribution in [1.29, 1.82) is 0 Å². The van der Waals surface area contributed by atoms with Gasteiger partial charge in [0, 0.05) is 36.4 Å². The van der Waals surface area contributed by atoms with Crippen LogP contribution < -0.4 is 20.1 Å². The Balaban J connectivity index is 1.93. The van der Waals surface area contributed by atoms with Gasteiger partial charge in [-0.05, 0) is 25.8 Å². The minimum atomic E-state index is -0.107. The fourth-order valence-electron chi connectivity index (χ4n) is 3.53. The number of hydrogen-bond donors (Lipinski definition) is 1. The maximum Gasteiger partial charge on any atom is 0.309 e. The molecule has 0 spiro atoms. The summed E-state index contributed by atoms with van der Waals surface area (Å²) in [5.74, 6) is 1.89. The van der Waals surface area contributed by atoms with Crippen molar-refractivity contribution in [2.75, 3.05) is 44.5 Å². The lowest BCUT2D eigenvalue weighted by Gasteiger charge is -2.32. The van der Waals surface area contributed by atoms with E-state index in [0.717, 1.165) is 42.5 Å². The molecule has 1 aliphatic rings. The maximum atomic E-state index is 12.0. The van der Waals surface area contributed by atoms with Crippen molar-refractivity contribution < 1.29 is 19.0 Å². The van der Waals surface area contributed by atoms with E-state index in [2.05, 4.69) is 9.88 Å². The third-order valence-electron chi connectivity index (χ3n) is 4.81. The molecular weight excluding hydrogens is 334 g/mol. The summed E-state index contributed by atoms with van der Waals surface area (Å²) in [7, 11) is 3.20. The van der Waals surface area contributed by atoms with Crippen LogP contribution in [-0.2, 0) is 9.53 Å². The predicted octanol–water partition coefficient (Wildman–Crippen LogP) is 2.61. The van der Waals surface area contributed by atoms with Gasteiger partial charge in [0.1, 0.15) is 5.82 Å². The Kier molecular flexibility index (Phi) is 5.35. The SMILES string of the molecule is CCOC(=O)C1CCN(c2nccc3c(OC)c(OC)cc(N)c23)CC1. The number of aromatic nitrogens is 1. The van der Waals surface area contributed by atoms with Crippen LogP contribution in [0.5, 0.6) is 11.5 Å². The molecule has 0 unspecified atom stereocenters. The first-order valence-corrected chi connectivity index (χ1v) is 8.81.